The Morgan fingerprint density at radius 2 is 1.68 bits per heavy atom. The van der Waals surface area contributed by atoms with Crippen LogP contribution in [-0.2, 0) is 4.74 Å². The van der Waals surface area contributed by atoms with Crippen LogP contribution in [0.1, 0.15) is 72.6 Å². The number of hydrogen-bond acceptors (Lipinski definition) is 2. The van der Waals surface area contributed by atoms with E-state index in [9.17, 15) is 0 Å². The van der Waals surface area contributed by atoms with Gasteiger partial charge in [-0.15, -0.1) is 0 Å². The van der Waals surface area contributed by atoms with Crippen molar-refractivity contribution in [2.45, 2.75) is 95.6 Å². The molecule has 1 saturated carbocycles. The van der Waals surface area contributed by atoms with Crippen molar-refractivity contribution in [1.29, 1.82) is 0 Å². The Kier molecular flexibility index (Phi) is 4.69. The van der Waals surface area contributed by atoms with Gasteiger partial charge in [-0.05, 0) is 51.4 Å². The molecule has 0 radical (unpaired) electrons. The first-order valence-corrected chi connectivity index (χ1v) is 9.74. The zero-order valence-corrected chi connectivity index (χ0v) is 15.5. The summed E-state index contributed by atoms with van der Waals surface area (Å²) in [5.41, 5.74) is 0.399. The molecule has 3 fully saturated rings. The van der Waals surface area contributed by atoms with E-state index >= 15 is 0 Å². The normalized spacial score (nSPS) is 39.4. The Bertz CT molecular complexity index is 393. The van der Waals surface area contributed by atoms with E-state index < -0.39 is 0 Å². The van der Waals surface area contributed by atoms with Crippen molar-refractivity contribution in [3.05, 3.63) is 0 Å². The lowest BCUT2D eigenvalue weighted by molar-refractivity contribution is -0.196. The van der Waals surface area contributed by atoms with E-state index in [1.807, 2.05) is 0 Å². The zero-order chi connectivity index (χ0) is 16.0. The van der Waals surface area contributed by atoms with Crippen LogP contribution in [0.5, 0.6) is 0 Å². The molecule has 1 aliphatic carbocycles. The summed E-state index contributed by atoms with van der Waals surface area (Å²) in [7, 11) is 2.54. The Morgan fingerprint density at radius 1 is 1.00 bits per heavy atom. The van der Waals surface area contributed by atoms with Crippen LogP contribution in [0.2, 0.25) is 5.31 Å². The van der Waals surface area contributed by atoms with Crippen LogP contribution in [0, 0.1) is 11.8 Å². The predicted octanol–water partition coefficient (Wildman–Crippen LogP) is 3.66. The molecule has 2 saturated heterocycles. The summed E-state index contributed by atoms with van der Waals surface area (Å²) in [6.07, 6.45) is 9.92. The fourth-order valence-electron chi connectivity index (χ4n) is 5.56. The molecule has 1 spiro atoms. The molecule has 2 nitrogen and oxygen atoms in total. The Hall–Kier alpha value is -0.0151. The molecule has 0 amide bonds. The van der Waals surface area contributed by atoms with E-state index in [4.69, 9.17) is 4.74 Å². The summed E-state index contributed by atoms with van der Waals surface area (Å²) in [4.78, 5) is 2.89. The van der Waals surface area contributed by atoms with Gasteiger partial charge in [0.15, 0.2) is 0 Å². The molecule has 0 aromatic heterocycles. The third-order valence-electron chi connectivity index (χ3n) is 7.46. The first kappa shape index (κ1) is 16.8. The van der Waals surface area contributed by atoms with Crippen LogP contribution in [0.15, 0.2) is 0 Å². The minimum atomic E-state index is 0.399. The number of piperidine rings is 1. The highest BCUT2D eigenvalue weighted by Gasteiger charge is 2.52. The Labute approximate surface area is 138 Å². The summed E-state index contributed by atoms with van der Waals surface area (Å²) in [6.45, 7) is 11.6. The molecule has 126 valence electrons. The predicted molar refractivity (Wildman–Crippen MR) is 96.2 cm³/mol. The maximum Gasteiger partial charge on any atom is 0.109 e. The average Bonchev–Trinajstić information content (AvgIpc) is 2.40. The number of rotatable bonds is 2. The highest BCUT2D eigenvalue weighted by Crippen LogP contribution is 2.50. The van der Waals surface area contributed by atoms with Gasteiger partial charge >= 0.3 is 0 Å². The molecule has 3 heteroatoms. The molecule has 2 aliphatic heterocycles. The van der Waals surface area contributed by atoms with Gasteiger partial charge in [-0.25, -0.2) is 0 Å². The van der Waals surface area contributed by atoms with E-state index in [0.717, 1.165) is 31.1 Å². The van der Waals surface area contributed by atoms with Crippen LogP contribution in [0.25, 0.3) is 0 Å². The van der Waals surface area contributed by atoms with Crippen LogP contribution in [0.3, 0.4) is 0 Å². The summed E-state index contributed by atoms with van der Waals surface area (Å²) in [6, 6.07) is 1.47. The lowest BCUT2D eigenvalue weighted by atomic mass is 9.54. The molecular formula is C19H36BNO. The fraction of sp³-hybridized carbons (Fsp3) is 1.00. The monoisotopic (exact) mass is 305 g/mol. The van der Waals surface area contributed by atoms with Gasteiger partial charge in [0, 0.05) is 12.1 Å². The van der Waals surface area contributed by atoms with E-state index in [1.165, 1.54) is 44.9 Å². The number of hydrogen-bond donors (Lipinski definition) is 0. The molecule has 2 heterocycles. The van der Waals surface area contributed by atoms with Crippen molar-refractivity contribution in [1.82, 2.24) is 4.90 Å². The second-order valence-electron chi connectivity index (χ2n) is 9.32. The highest BCUT2D eigenvalue weighted by atomic mass is 16.5. The van der Waals surface area contributed by atoms with Crippen LogP contribution < -0.4 is 0 Å². The first-order chi connectivity index (χ1) is 10.4. The number of ether oxygens (including phenoxy) is 1. The van der Waals surface area contributed by atoms with Gasteiger partial charge in [0.1, 0.15) is 7.85 Å². The molecule has 0 aromatic carbocycles. The second kappa shape index (κ2) is 6.13. The SMILES string of the molecule is BC1(C(C)C)CCCC2C(CC1)CCC1(COC1)N2C(C)C. The fourth-order valence-corrected chi connectivity index (χ4v) is 5.56. The third kappa shape index (κ3) is 2.77. The molecule has 22 heavy (non-hydrogen) atoms. The Morgan fingerprint density at radius 3 is 2.23 bits per heavy atom. The van der Waals surface area contributed by atoms with Gasteiger partial charge < -0.3 is 4.74 Å². The summed E-state index contributed by atoms with van der Waals surface area (Å²) < 4.78 is 5.65. The number of nitrogens with zero attached hydrogens (tertiary/aromatic N) is 1. The summed E-state index contributed by atoms with van der Waals surface area (Å²) in [5, 5.41) is 0.572. The van der Waals surface area contributed by atoms with E-state index in [2.05, 4.69) is 40.4 Å². The lowest BCUT2D eigenvalue weighted by Gasteiger charge is -2.60. The molecule has 3 unspecified atom stereocenters. The molecule has 0 bridgehead atoms. The lowest BCUT2D eigenvalue weighted by Crippen LogP contribution is -2.70. The topological polar surface area (TPSA) is 12.5 Å². The third-order valence-corrected chi connectivity index (χ3v) is 7.46. The van der Waals surface area contributed by atoms with Crippen molar-refractivity contribution < 1.29 is 4.74 Å². The zero-order valence-electron chi connectivity index (χ0n) is 15.5. The number of likely N-dealkylation sites (tertiary alicyclic amines) is 1. The second-order valence-corrected chi connectivity index (χ2v) is 9.32. The minimum absolute atomic E-state index is 0.399. The number of fused-ring (bicyclic) bond motifs is 1. The van der Waals surface area contributed by atoms with Crippen molar-refractivity contribution in [3.8, 4) is 0 Å². The van der Waals surface area contributed by atoms with E-state index in [-0.39, 0.29) is 0 Å². The highest BCUT2D eigenvalue weighted by molar-refractivity contribution is 6.15. The average molecular weight is 305 g/mol. The van der Waals surface area contributed by atoms with Crippen molar-refractivity contribution >= 4 is 7.85 Å². The standard InChI is InChI=1S/C19H36BNO/c1-14(2)19(20)9-5-6-17-16(8-11-19)7-10-18(12-22-13-18)21(17)15(3)4/h14-17H,5-13,20H2,1-4H3. The molecule has 0 N–H and O–H groups in total. The van der Waals surface area contributed by atoms with Crippen molar-refractivity contribution in [2.75, 3.05) is 13.2 Å². The maximum absolute atomic E-state index is 5.65. The first-order valence-electron chi connectivity index (χ1n) is 9.74. The summed E-state index contributed by atoms with van der Waals surface area (Å²) in [5.74, 6) is 1.74. The van der Waals surface area contributed by atoms with Gasteiger partial charge in [-0.3, -0.25) is 4.90 Å². The molecule has 3 aliphatic rings. The van der Waals surface area contributed by atoms with Crippen LogP contribution in [-0.4, -0.2) is 43.6 Å². The summed E-state index contributed by atoms with van der Waals surface area (Å²) >= 11 is 0. The van der Waals surface area contributed by atoms with Gasteiger partial charge in [-0.1, -0.05) is 38.4 Å². The van der Waals surface area contributed by atoms with Crippen molar-refractivity contribution in [3.63, 3.8) is 0 Å². The van der Waals surface area contributed by atoms with Gasteiger partial charge in [0.25, 0.3) is 0 Å². The molecule has 3 atom stereocenters. The Balaban J connectivity index is 1.77. The van der Waals surface area contributed by atoms with E-state index in [1.54, 1.807) is 0 Å². The van der Waals surface area contributed by atoms with Crippen LogP contribution >= 0.6 is 0 Å². The quantitative estimate of drug-likeness (QED) is 0.722. The molecule has 3 rings (SSSR count). The van der Waals surface area contributed by atoms with Gasteiger partial charge in [0.2, 0.25) is 0 Å². The van der Waals surface area contributed by atoms with Gasteiger partial charge in [0.05, 0.1) is 18.8 Å². The van der Waals surface area contributed by atoms with E-state index in [0.29, 0.717) is 16.9 Å². The minimum Gasteiger partial charge on any atom is -0.377 e. The molecular weight excluding hydrogens is 269 g/mol. The van der Waals surface area contributed by atoms with Crippen molar-refractivity contribution in [2.24, 2.45) is 11.8 Å². The smallest absolute Gasteiger partial charge is 0.109 e. The molecule has 0 aromatic rings. The largest absolute Gasteiger partial charge is 0.377 e. The van der Waals surface area contributed by atoms with Crippen LogP contribution in [0.4, 0.5) is 0 Å². The van der Waals surface area contributed by atoms with Gasteiger partial charge in [-0.2, -0.15) is 0 Å². The maximum atomic E-state index is 5.65.